The Morgan fingerprint density at radius 2 is 1.90 bits per heavy atom. The van der Waals surface area contributed by atoms with Gasteiger partial charge in [0.25, 0.3) is 0 Å². The van der Waals surface area contributed by atoms with Crippen molar-refractivity contribution in [1.29, 1.82) is 0 Å². The predicted molar refractivity (Wildman–Crippen MR) is 85.0 cm³/mol. The molecule has 2 bridgehead atoms. The number of benzene rings is 1. The van der Waals surface area contributed by atoms with Crippen molar-refractivity contribution in [3.63, 3.8) is 0 Å². The zero-order valence-corrected chi connectivity index (χ0v) is 13.0. The number of guanidine groups is 1. The summed E-state index contributed by atoms with van der Waals surface area (Å²) in [6.07, 6.45) is 2.55. The lowest BCUT2D eigenvalue weighted by atomic mass is 9.72. The van der Waals surface area contributed by atoms with E-state index in [9.17, 15) is 0 Å². The highest BCUT2D eigenvalue weighted by molar-refractivity contribution is 9.10. The summed E-state index contributed by atoms with van der Waals surface area (Å²) in [5.74, 6) is 1.39. The number of hydrogen-bond acceptors (Lipinski definition) is 4. The number of piperidine rings is 3. The number of rotatable bonds is 1. The molecule has 0 amide bonds. The molecule has 1 atom stereocenters. The van der Waals surface area contributed by atoms with E-state index in [2.05, 4.69) is 55.0 Å². The number of halogens is 1. The van der Waals surface area contributed by atoms with Crippen LogP contribution in [-0.4, -0.2) is 42.6 Å². The second-order valence-electron chi connectivity index (χ2n) is 6.14. The molecule has 4 nitrogen and oxygen atoms in total. The van der Waals surface area contributed by atoms with Gasteiger partial charge in [-0.05, 0) is 56.1 Å². The van der Waals surface area contributed by atoms with Crippen LogP contribution in [0.3, 0.4) is 0 Å². The van der Waals surface area contributed by atoms with Gasteiger partial charge in [0, 0.05) is 16.7 Å². The van der Waals surface area contributed by atoms with Crippen molar-refractivity contribution in [2.75, 3.05) is 31.1 Å². The fourth-order valence-electron chi connectivity index (χ4n) is 4.14. The number of fused-ring (bicyclic) bond motifs is 2. The molecule has 4 heterocycles. The van der Waals surface area contributed by atoms with Crippen LogP contribution in [0.2, 0.25) is 0 Å². The highest BCUT2D eigenvalue weighted by Gasteiger charge is 2.54. The summed E-state index contributed by atoms with van der Waals surface area (Å²) >= 11 is 3.50. The van der Waals surface area contributed by atoms with Crippen molar-refractivity contribution < 1.29 is 0 Å². The molecule has 4 aliphatic heterocycles. The van der Waals surface area contributed by atoms with Gasteiger partial charge in [0.2, 0.25) is 0 Å². The summed E-state index contributed by atoms with van der Waals surface area (Å²) in [5.41, 5.74) is 7.49. The summed E-state index contributed by atoms with van der Waals surface area (Å²) in [6.45, 7) is 4.41. The molecule has 5 heteroatoms. The van der Waals surface area contributed by atoms with Gasteiger partial charge in [-0.1, -0.05) is 15.9 Å². The minimum absolute atomic E-state index is 0.0917. The van der Waals surface area contributed by atoms with Crippen LogP contribution in [0, 0.1) is 5.92 Å². The molecule has 0 saturated carbocycles. The van der Waals surface area contributed by atoms with Gasteiger partial charge in [0.15, 0.2) is 5.96 Å². The Bertz CT molecular complexity index is 547. The smallest absolute Gasteiger partial charge is 0.196 e. The Balaban J connectivity index is 1.75. The number of hydrogen-bond donors (Lipinski definition) is 1. The van der Waals surface area contributed by atoms with Gasteiger partial charge >= 0.3 is 0 Å². The Kier molecular flexibility index (Phi) is 2.82. The van der Waals surface area contributed by atoms with Crippen molar-refractivity contribution >= 4 is 27.6 Å². The third-order valence-corrected chi connectivity index (χ3v) is 5.65. The van der Waals surface area contributed by atoms with E-state index >= 15 is 0 Å². The summed E-state index contributed by atoms with van der Waals surface area (Å²) in [6, 6.07) is 8.43. The van der Waals surface area contributed by atoms with Crippen molar-refractivity contribution in [3.8, 4) is 0 Å². The molecule has 106 valence electrons. The molecular weight excluding hydrogens is 316 g/mol. The summed E-state index contributed by atoms with van der Waals surface area (Å²) in [7, 11) is 0. The summed E-state index contributed by atoms with van der Waals surface area (Å²) < 4.78 is 1.10. The first-order valence-corrected chi connectivity index (χ1v) is 8.06. The third-order valence-electron chi connectivity index (χ3n) is 5.12. The fraction of sp³-hybridized carbons (Fsp3) is 0.533. The zero-order valence-electron chi connectivity index (χ0n) is 11.4. The van der Waals surface area contributed by atoms with Crippen LogP contribution in [0.5, 0.6) is 0 Å². The first-order valence-electron chi connectivity index (χ1n) is 7.27. The molecule has 3 fully saturated rings. The van der Waals surface area contributed by atoms with Crippen LogP contribution < -0.4 is 10.6 Å². The zero-order chi connectivity index (χ0) is 13.7. The number of nitrogens with two attached hydrogens (primary N) is 1. The van der Waals surface area contributed by atoms with E-state index in [1.165, 1.54) is 31.6 Å². The molecule has 4 aliphatic rings. The minimum atomic E-state index is 0.0917. The Labute approximate surface area is 127 Å². The standard InChI is InChI=1S/C15H19BrN4/c16-12-1-3-13(4-2-12)20-14(17)18-9-15(20)10-19-7-5-11(15)6-8-19/h1-4,11H,5-10H2,(H2,17,18). The van der Waals surface area contributed by atoms with E-state index in [1.54, 1.807) is 0 Å². The number of aliphatic imine (C=N–C) groups is 1. The van der Waals surface area contributed by atoms with Gasteiger partial charge in [-0.2, -0.15) is 0 Å². The van der Waals surface area contributed by atoms with E-state index < -0.39 is 0 Å². The molecule has 1 unspecified atom stereocenters. The maximum absolute atomic E-state index is 6.23. The normalized spacial score (nSPS) is 35.6. The molecule has 0 aromatic heterocycles. The molecule has 1 aromatic rings. The molecule has 5 rings (SSSR count). The second-order valence-corrected chi connectivity index (χ2v) is 7.06. The summed E-state index contributed by atoms with van der Waals surface area (Å²) in [5, 5.41) is 0. The van der Waals surface area contributed by atoms with Crippen LogP contribution in [-0.2, 0) is 0 Å². The number of anilines is 1. The van der Waals surface area contributed by atoms with E-state index in [1.807, 2.05) is 0 Å². The van der Waals surface area contributed by atoms with E-state index in [4.69, 9.17) is 5.73 Å². The van der Waals surface area contributed by atoms with Crippen molar-refractivity contribution in [2.24, 2.45) is 16.6 Å². The SMILES string of the molecule is NC1=NCC2(CN3CCC2CC3)N1c1ccc(Br)cc1. The monoisotopic (exact) mass is 334 g/mol. The highest BCUT2D eigenvalue weighted by Crippen LogP contribution is 2.44. The minimum Gasteiger partial charge on any atom is -0.369 e. The largest absolute Gasteiger partial charge is 0.369 e. The number of nitrogens with zero attached hydrogens (tertiary/aromatic N) is 3. The van der Waals surface area contributed by atoms with Crippen LogP contribution in [0.25, 0.3) is 0 Å². The molecular formula is C15H19BrN4. The molecule has 2 N–H and O–H groups in total. The predicted octanol–water partition coefficient (Wildman–Crippen LogP) is 2.05. The van der Waals surface area contributed by atoms with Gasteiger partial charge in [0.1, 0.15) is 0 Å². The van der Waals surface area contributed by atoms with Gasteiger partial charge in [0.05, 0.1) is 12.1 Å². The van der Waals surface area contributed by atoms with E-state index in [-0.39, 0.29) is 5.54 Å². The Hall–Kier alpha value is -1.07. The van der Waals surface area contributed by atoms with Crippen molar-refractivity contribution in [2.45, 2.75) is 18.4 Å². The average Bonchev–Trinajstić information content (AvgIpc) is 2.78. The Morgan fingerprint density at radius 1 is 1.20 bits per heavy atom. The first-order chi connectivity index (χ1) is 9.69. The van der Waals surface area contributed by atoms with Crippen molar-refractivity contribution in [3.05, 3.63) is 28.7 Å². The van der Waals surface area contributed by atoms with Gasteiger partial charge in [-0.25, -0.2) is 0 Å². The van der Waals surface area contributed by atoms with Crippen molar-refractivity contribution in [1.82, 2.24) is 4.90 Å². The second kappa shape index (κ2) is 4.46. The molecule has 0 aliphatic carbocycles. The van der Waals surface area contributed by atoms with Gasteiger partial charge < -0.3 is 15.5 Å². The quantitative estimate of drug-likeness (QED) is 0.854. The molecule has 1 aromatic carbocycles. The first kappa shape index (κ1) is 12.7. The fourth-order valence-corrected chi connectivity index (χ4v) is 4.41. The maximum atomic E-state index is 6.23. The lowest BCUT2D eigenvalue weighted by molar-refractivity contribution is 0.0391. The van der Waals surface area contributed by atoms with Gasteiger partial charge in [-0.15, -0.1) is 0 Å². The average molecular weight is 335 g/mol. The molecule has 3 saturated heterocycles. The topological polar surface area (TPSA) is 44.9 Å². The van der Waals surface area contributed by atoms with E-state index in [0.29, 0.717) is 11.9 Å². The summed E-state index contributed by atoms with van der Waals surface area (Å²) in [4.78, 5) is 9.46. The molecule has 0 radical (unpaired) electrons. The highest BCUT2D eigenvalue weighted by atomic mass is 79.9. The Morgan fingerprint density at radius 3 is 2.50 bits per heavy atom. The molecule has 1 spiro atoms. The van der Waals surface area contributed by atoms with Crippen LogP contribution >= 0.6 is 15.9 Å². The van der Waals surface area contributed by atoms with Crippen LogP contribution in [0.1, 0.15) is 12.8 Å². The lowest BCUT2D eigenvalue weighted by Gasteiger charge is -2.55. The maximum Gasteiger partial charge on any atom is 0.196 e. The van der Waals surface area contributed by atoms with Crippen LogP contribution in [0.4, 0.5) is 5.69 Å². The third kappa shape index (κ3) is 1.72. The van der Waals surface area contributed by atoms with Crippen LogP contribution in [0.15, 0.2) is 33.7 Å². The van der Waals surface area contributed by atoms with E-state index in [0.717, 1.165) is 17.6 Å². The van der Waals surface area contributed by atoms with Gasteiger partial charge in [-0.3, -0.25) is 4.99 Å². The molecule has 20 heavy (non-hydrogen) atoms. The lowest BCUT2D eigenvalue weighted by Crippen LogP contribution is -2.68.